The molecule has 3 N–H and O–H groups in total. The van der Waals surface area contributed by atoms with Crippen molar-refractivity contribution in [1.29, 1.82) is 0 Å². The lowest BCUT2D eigenvalue weighted by molar-refractivity contribution is 0.0693. The van der Waals surface area contributed by atoms with Crippen LogP contribution >= 0.6 is 12.4 Å². The van der Waals surface area contributed by atoms with Crippen molar-refractivity contribution in [2.45, 2.75) is 25.4 Å². The number of furan rings is 1. The minimum atomic E-state index is -0.515. The minimum absolute atomic E-state index is 0. The summed E-state index contributed by atoms with van der Waals surface area (Å²) in [5.41, 5.74) is 5.98. The third-order valence-corrected chi connectivity index (χ3v) is 4.34. The molecular formula is C18H21ClFN3O3. The van der Waals surface area contributed by atoms with Crippen LogP contribution in [0, 0.1) is 5.82 Å². The molecule has 6 nitrogen and oxygen atoms in total. The Morgan fingerprint density at radius 1 is 1.27 bits per heavy atom. The zero-order valence-corrected chi connectivity index (χ0v) is 14.9. The quantitative estimate of drug-likeness (QED) is 0.850. The Bertz CT molecular complexity index is 773. The minimum Gasteiger partial charge on any atom is -0.467 e. The van der Waals surface area contributed by atoms with Crippen LogP contribution in [0.1, 0.15) is 39.3 Å². The second kappa shape index (κ2) is 8.82. The van der Waals surface area contributed by atoms with Crippen molar-refractivity contribution in [3.05, 3.63) is 59.3 Å². The summed E-state index contributed by atoms with van der Waals surface area (Å²) in [6.07, 6.45) is 2.62. The summed E-state index contributed by atoms with van der Waals surface area (Å²) < 4.78 is 18.9. The van der Waals surface area contributed by atoms with Gasteiger partial charge < -0.3 is 20.4 Å². The van der Waals surface area contributed by atoms with E-state index in [-0.39, 0.29) is 42.4 Å². The molecule has 2 amide bonds. The normalized spacial score (nSPS) is 14.6. The number of carbonyl (C=O) groups excluding carboxylic acids is 2. The number of hydrogen-bond donors (Lipinski definition) is 2. The second-order valence-electron chi connectivity index (χ2n) is 6.03. The first-order chi connectivity index (χ1) is 12.1. The maximum atomic E-state index is 13.7. The third kappa shape index (κ3) is 4.42. The number of hydrogen-bond acceptors (Lipinski definition) is 4. The predicted octanol–water partition coefficient (Wildman–Crippen LogP) is 2.33. The Morgan fingerprint density at radius 2 is 1.96 bits per heavy atom. The number of amides is 2. The smallest absolute Gasteiger partial charge is 0.256 e. The van der Waals surface area contributed by atoms with Crippen LogP contribution in [0.4, 0.5) is 4.39 Å². The van der Waals surface area contributed by atoms with Crippen molar-refractivity contribution in [3.63, 3.8) is 0 Å². The first kappa shape index (κ1) is 19.9. The van der Waals surface area contributed by atoms with Crippen molar-refractivity contribution in [3.8, 4) is 0 Å². The number of benzene rings is 1. The number of nitrogens with one attached hydrogen (secondary N) is 1. The van der Waals surface area contributed by atoms with Crippen molar-refractivity contribution in [2.75, 3.05) is 13.1 Å². The topological polar surface area (TPSA) is 88.6 Å². The van der Waals surface area contributed by atoms with E-state index >= 15 is 0 Å². The van der Waals surface area contributed by atoms with Crippen LogP contribution in [0.3, 0.4) is 0 Å². The van der Waals surface area contributed by atoms with E-state index in [0.717, 1.165) is 0 Å². The molecule has 26 heavy (non-hydrogen) atoms. The van der Waals surface area contributed by atoms with E-state index in [4.69, 9.17) is 10.2 Å². The second-order valence-corrected chi connectivity index (χ2v) is 6.03. The molecular weight excluding hydrogens is 361 g/mol. The average molecular weight is 382 g/mol. The molecule has 0 spiro atoms. The Hall–Kier alpha value is -2.38. The number of carbonyl (C=O) groups is 2. The third-order valence-electron chi connectivity index (χ3n) is 4.34. The van der Waals surface area contributed by atoms with Crippen LogP contribution in [0.5, 0.6) is 0 Å². The Balaban J connectivity index is 0.00000243. The summed E-state index contributed by atoms with van der Waals surface area (Å²) in [5.74, 6) is -0.498. The maximum Gasteiger partial charge on any atom is 0.256 e. The summed E-state index contributed by atoms with van der Waals surface area (Å²) in [7, 11) is 0. The molecule has 1 fully saturated rings. The van der Waals surface area contributed by atoms with Gasteiger partial charge in [0, 0.05) is 19.1 Å². The molecule has 1 aromatic heterocycles. The van der Waals surface area contributed by atoms with E-state index in [9.17, 15) is 14.0 Å². The molecule has 0 bridgehead atoms. The fourth-order valence-electron chi connectivity index (χ4n) is 2.91. The van der Waals surface area contributed by atoms with Gasteiger partial charge >= 0.3 is 0 Å². The van der Waals surface area contributed by atoms with Gasteiger partial charge in [-0.2, -0.15) is 0 Å². The fourth-order valence-corrected chi connectivity index (χ4v) is 2.91. The highest BCUT2D eigenvalue weighted by atomic mass is 35.5. The van der Waals surface area contributed by atoms with Gasteiger partial charge in [0.05, 0.1) is 17.7 Å². The van der Waals surface area contributed by atoms with E-state index in [1.807, 2.05) is 0 Å². The molecule has 1 aromatic carbocycles. The van der Waals surface area contributed by atoms with Crippen molar-refractivity contribution < 1.29 is 18.4 Å². The predicted molar refractivity (Wildman–Crippen MR) is 96.6 cm³/mol. The van der Waals surface area contributed by atoms with Gasteiger partial charge in [0.15, 0.2) is 0 Å². The molecule has 1 saturated heterocycles. The van der Waals surface area contributed by atoms with Crippen molar-refractivity contribution in [1.82, 2.24) is 10.2 Å². The van der Waals surface area contributed by atoms with Crippen LogP contribution in [0.15, 0.2) is 41.0 Å². The summed E-state index contributed by atoms with van der Waals surface area (Å²) in [6, 6.07) is 7.55. The molecule has 1 aliphatic heterocycles. The van der Waals surface area contributed by atoms with Crippen LogP contribution in [-0.2, 0) is 6.54 Å². The molecule has 1 aliphatic rings. The number of rotatable bonds is 4. The molecule has 3 rings (SSSR count). The van der Waals surface area contributed by atoms with Crippen LogP contribution < -0.4 is 11.1 Å². The van der Waals surface area contributed by atoms with Crippen LogP contribution in [0.25, 0.3) is 0 Å². The molecule has 140 valence electrons. The number of piperidine rings is 1. The molecule has 0 radical (unpaired) electrons. The first-order valence-corrected chi connectivity index (χ1v) is 8.20. The highest BCUT2D eigenvalue weighted by Gasteiger charge is 2.26. The molecule has 0 saturated carbocycles. The number of nitrogens with two attached hydrogens (primary N) is 1. The lowest BCUT2D eigenvalue weighted by atomic mass is 10.0. The van der Waals surface area contributed by atoms with Gasteiger partial charge in [-0.1, -0.05) is 12.1 Å². The summed E-state index contributed by atoms with van der Waals surface area (Å²) in [5, 5.41) is 2.93. The Morgan fingerprint density at radius 3 is 2.58 bits per heavy atom. The number of nitrogens with zero attached hydrogens (tertiary/aromatic N) is 1. The fraction of sp³-hybridized carbons (Fsp3) is 0.333. The standard InChI is InChI=1S/C18H20FN3O3.ClH/c19-16-4-2-1-3-15(16)18(24)22-7-5-13(6-8-22)21-17(23)12-9-14(10-20)25-11-12;/h1-4,9,11,13H,5-8,10,20H2,(H,21,23);1H. The van der Waals surface area contributed by atoms with E-state index in [1.165, 1.54) is 18.4 Å². The number of halogens is 2. The Kier molecular flexibility index (Phi) is 6.76. The van der Waals surface area contributed by atoms with Gasteiger partial charge in [-0.3, -0.25) is 9.59 Å². The van der Waals surface area contributed by atoms with Gasteiger partial charge in [-0.25, -0.2) is 4.39 Å². The SMILES string of the molecule is Cl.NCc1cc(C(=O)NC2CCN(C(=O)c3ccccc3F)CC2)co1. The van der Waals surface area contributed by atoms with Crippen molar-refractivity contribution in [2.24, 2.45) is 5.73 Å². The highest BCUT2D eigenvalue weighted by Crippen LogP contribution is 2.17. The largest absolute Gasteiger partial charge is 0.467 e. The van der Waals surface area contributed by atoms with Crippen LogP contribution in [0.2, 0.25) is 0 Å². The van der Waals surface area contributed by atoms with Gasteiger partial charge in [0.25, 0.3) is 11.8 Å². The monoisotopic (exact) mass is 381 g/mol. The van der Waals surface area contributed by atoms with Crippen molar-refractivity contribution >= 4 is 24.2 Å². The van der Waals surface area contributed by atoms with E-state index in [1.54, 1.807) is 23.1 Å². The zero-order chi connectivity index (χ0) is 17.8. The van der Waals surface area contributed by atoms with E-state index in [2.05, 4.69) is 5.32 Å². The lowest BCUT2D eigenvalue weighted by Crippen LogP contribution is -2.46. The Labute approximate surface area is 156 Å². The van der Waals surface area contributed by atoms with Gasteiger partial charge in [-0.15, -0.1) is 12.4 Å². The molecule has 2 aromatic rings. The molecule has 0 atom stereocenters. The average Bonchev–Trinajstić information content (AvgIpc) is 3.11. The molecule has 2 heterocycles. The summed E-state index contributed by atoms with van der Waals surface area (Å²) in [4.78, 5) is 26.2. The molecule has 8 heteroatoms. The van der Waals surface area contributed by atoms with Crippen LogP contribution in [-0.4, -0.2) is 35.8 Å². The maximum absolute atomic E-state index is 13.7. The summed E-state index contributed by atoms with van der Waals surface area (Å²) in [6.45, 7) is 1.18. The van der Waals surface area contributed by atoms with E-state index < -0.39 is 5.82 Å². The lowest BCUT2D eigenvalue weighted by Gasteiger charge is -2.32. The number of likely N-dealkylation sites (tertiary alicyclic amines) is 1. The summed E-state index contributed by atoms with van der Waals surface area (Å²) >= 11 is 0. The van der Waals surface area contributed by atoms with Gasteiger partial charge in [0.1, 0.15) is 17.8 Å². The van der Waals surface area contributed by atoms with Gasteiger partial charge in [0.2, 0.25) is 0 Å². The zero-order valence-electron chi connectivity index (χ0n) is 14.1. The molecule has 0 unspecified atom stereocenters. The molecule has 0 aliphatic carbocycles. The van der Waals surface area contributed by atoms with E-state index in [0.29, 0.717) is 37.3 Å². The highest BCUT2D eigenvalue weighted by molar-refractivity contribution is 5.95. The van der Waals surface area contributed by atoms with Gasteiger partial charge in [-0.05, 0) is 31.0 Å². The first-order valence-electron chi connectivity index (χ1n) is 8.20.